The molecular weight excluding hydrogens is 753 g/mol. The summed E-state index contributed by atoms with van der Waals surface area (Å²) in [6.45, 7) is 1.90. The fourth-order valence-electron chi connectivity index (χ4n) is 7.84. The number of carbonyl (C=O) groups excluding carboxylic acids is 6. The molecule has 15 heteroatoms. The molecule has 0 bridgehead atoms. The molecule has 6 amide bonds. The van der Waals surface area contributed by atoms with Crippen LogP contribution in [0.1, 0.15) is 55.7 Å². The van der Waals surface area contributed by atoms with Crippen LogP contribution in [0.3, 0.4) is 0 Å². The van der Waals surface area contributed by atoms with Gasteiger partial charge in [0.1, 0.15) is 36.3 Å². The number of aromatic amines is 1. The quantitative estimate of drug-likeness (QED) is 0.102. The van der Waals surface area contributed by atoms with Crippen molar-refractivity contribution >= 4 is 46.3 Å². The number of para-hydroxylation sites is 1. The number of amides is 6. The second-order valence-electron chi connectivity index (χ2n) is 15.4. The fourth-order valence-corrected chi connectivity index (χ4v) is 7.84. The number of hydrogen-bond donors (Lipinski definition) is 8. The van der Waals surface area contributed by atoms with Crippen LogP contribution >= 0.6 is 0 Å². The number of hydrogen-bond acceptors (Lipinski definition) is 8. The number of rotatable bonds is 11. The van der Waals surface area contributed by atoms with E-state index in [-0.39, 0.29) is 32.2 Å². The van der Waals surface area contributed by atoms with E-state index in [1.165, 1.54) is 11.8 Å². The summed E-state index contributed by atoms with van der Waals surface area (Å²) in [6, 6.07) is 18.5. The second-order valence-corrected chi connectivity index (χ2v) is 15.4. The maximum atomic E-state index is 14.5. The van der Waals surface area contributed by atoms with Gasteiger partial charge in [0, 0.05) is 42.9 Å². The van der Waals surface area contributed by atoms with Gasteiger partial charge < -0.3 is 47.3 Å². The largest absolute Gasteiger partial charge is 0.391 e. The third-order valence-electron chi connectivity index (χ3n) is 11.0. The van der Waals surface area contributed by atoms with Gasteiger partial charge in [-0.05, 0) is 68.3 Å². The fraction of sp³-hybridized carbons (Fsp3) is 0.409. The molecule has 2 aliphatic rings. The minimum absolute atomic E-state index is 0.0249. The van der Waals surface area contributed by atoms with E-state index in [1.807, 2.05) is 60.7 Å². The van der Waals surface area contributed by atoms with Crippen molar-refractivity contribution in [3.63, 3.8) is 0 Å². The molecule has 9 N–H and O–H groups in total. The van der Waals surface area contributed by atoms with Crippen molar-refractivity contribution in [1.82, 2.24) is 36.5 Å². The maximum Gasteiger partial charge on any atom is 0.246 e. The van der Waals surface area contributed by atoms with Gasteiger partial charge in [-0.3, -0.25) is 28.8 Å². The number of aliphatic hydroxyl groups excluding tert-OH is 1. The van der Waals surface area contributed by atoms with Crippen molar-refractivity contribution in [3.8, 4) is 0 Å². The summed E-state index contributed by atoms with van der Waals surface area (Å²) in [5, 5.41) is 25.7. The molecule has 2 aliphatic heterocycles. The van der Waals surface area contributed by atoms with Crippen LogP contribution in [0.5, 0.6) is 0 Å². The van der Waals surface area contributed by atoms with Crippen molar-refractivity contribution in [3.05, 3.63) is 108 Å². The highest BCUT2D eigenvalue weighted by molar-refractivity contribution is 5.99. The van der Waals surface area contributed by atoms with Gasteiger partial charge in [-0.1, -0.05) is 78.9 Å². The lowest BCUT2D eigenvalue weighted by Gasteiger charge is -2.32. The maximum absolute atomic E-state index is 14.5. The van der Waals surface area contributed by atoms with Crippen molar-refractivity contribution in [2.45, 2.75) is 101 Å². The summed E-state index contributed by atoms with van der Waals surface area (Å²) in [5.41, 5.74) is 8.81. The van der Waals surface area contributed by atoms with Gasteiger partial charge in [0.25, 0.3) is 0 Å². The molecule has 7 atom stereocenters. The number of nitrogens with two attached hydrogens (primary N) is 1. The van der Waals surface area contributed by atoms with Gasteiger partial charge in [0.05, 0.1) is 6.10 Å². The average molecular weight is 807 g/mol. The normalized spacial score (nSPS) is 24.2. The predicted octanol–water partition coefficient (Wildman–Crippen LogP) is 1.13. The van der Waals surface area contributed by atoms with E-state index in [4.69, 9.17) is 5.73 Å². The first kappa shape index (κ1) is 42.5. The molecule has 1 unspecified atom stereocenters. The SMILES string of the molecule is CC(O)[C@@H]1NC(=O)[C@H](CCCCN)NC(=O)[C@@H](Cc2c[nH]c3ccccc23)NC(=O)[C@H](Cc2ccccc2)NC(=O)[C@@H]2CCCN2C(=O)[C@H](Cc2ccccc2)NC1=O. The molecule has 6 rings (SSSR count). The lowest BCUT2D eigenvalue weighted by atomic mass is 10.00. The molecular formula is C44H54N8O7. The number of benzene rings is 3. The summed E-state index contributed by atoms with van der Waals surface area (Å²) in [6.07, 6.45) is 2.44. The molecule has 312 valence electrons. The number of fused-ring (bicyclic) bond motifs is 2. The van der Waals surface area contributed by atoms with Crippen LogP contribution in [0, 0.1) is 0 Å². The van der Waals surface area contributed by atoms with Gasteiger partial charge >= 0.3 is 0 Å². The van der Waals surface area contributed by atoms with E-state index in [2.05, 4.69) is 31.6 Å². The summed E-state index contributed by atoms with van der Waals surface area (Å²) in [7, 11) is 0. The molecule has 0 saturated carbocycles. The van der Waals surface area contributed by atoms with Crippen molar-refractivity contribution in [2.24, 2.45) is 5.73 Å². The van der Waals surface area contributed by atoms with E-state index in [0.717, 1.165) is 27.6 Å². The number of nitrogens with one attached hydrogen (secondary N) is 6. The molecule has 2 fully saturated rings. The van der Waals surface area contributed by atoms with Crippen molar-refractivity contribution in [2.75, 3.05) is 13.1 Å². The smallest absolute Gasteiger partial charge is 0.246 e. The highest BCUT2D eigenvalue weighted by Crippen LogP contribution is 2.22. The predicted molar refractivity (Wildman–Crippen MR) is 221 cm³/mol. The standard InChI is InChI=1S/C44H54N8O7/c1-27(53)38-43(58)50-36(24-29-15-6-3-7-16-29)44(59)52-22-12-20-37(52)42(57)49-34(23-28-13-4-2-5-14-28)40(55)48-35(25-30-26-46-32-18-9-8-17-31(30)32)41(56)47-33(39(54)51-38)19-10-11-21-45/h2-9,13-18,26-27,33-38,46,53H,10-12,19-25,45H2,1H3,(H,47,56)(H,48,55)(H,49,57)(H,50,58)(H,51,54)/t27?,33-,34-,35+,36-,37-,38-/m0/s1. The Bertz CT molecular complexity index is 2090. The Morgan fingerprint density at radius 1 is 0.661 bits per heavy atom. The molecule has 59 heavy (non-hydrogen) atoms. The average Bonchev–Trinajstić information content (AvgIpc) is 3.90. The number of H-pyrrole nitrogens is 1. The third-order valence-corrected chi connectivity index (χ3v) is 11.0. The molecule has 2 saturated heterocycles. The first-order valence-electron chi connectivity index (χ1n) is 20.4. The van der Waals surface area contributed by atoms with Gasteiger partial charge in [0.15, 0.2) is 0 Å². The topological polar surface area (TPSA) is 228 Å². The van der Waals surface area contributed by atoms with Crippen LogP contribution in [-0.4, -0.2) is 106 Å². The Morgan fingerprint density at radius 2 is 1.22 bits per heavy atom. The molecule has 3 aromatic carbocycles. The van der Waals surface area contributed by atoms with E-state index in [9.17, 15) is 33.9 Å². The Labute approximate surface area is 343 Å². The monoisotopic (exact) mass is 806 g/mol. The van der Waals surface area contributed by atoms with E-state index < -0.39 is 77.8 Å². The molecule has 0 radical (unpaired) electrons. The second kappa shape index (κ2) is 20.1. The van der Waals surface area contributed by atoms with Crippen molar-refractivity contribution < 1.29 is 33.9 Å². The number of nitrogens with zero attached hydrogens (tertiary/aromatic N) is 1. The van der Waals surface area contributed by atoms with Crippen LogP contribution in [0.4, 0.5) is 0 Å². The molecule has 0 spiro atoms. The Hall–Kier alpha value is -6.06. The van der Waals surface area contributed by atoms with Crippen LogP contribution in [0.15, 0.2) is 91.1 Å². The lowest BCUT2D eigenvalue weighted by Crippen LogP contribution is -2.63. The molecule has 0 aliphatic carbocycles. The Morgan fingerprint density at radius 3 is 1.88 bits per heavy atom. The van der Waals surface area contributed by atoms with Crippen LogP contribution in [0.25, 0.3) is 10.9 Å². The van der Waals surface area contributed by atoms with Gasteiger partial charge in [0.2, 0.25) is 35.4 Å². The van der Waals surface area contributed by atoms with E-state index in [0.29, 0.717) is 32.2 Å². The van der Waals surface area contributed by atoms with Crippen molar-refractivity contribution in [1.29, 1.82) is 0 Å². The zero-order valence-corrected chi connectivity index (χ0v) is 33.2. The number of aromatic nitrogens is 1. The van der Waals surface area contributed by atoms with Gasteiger partial charge in [-0.15, -0.1) is 0 Å². The minimum Gasteiger partial charge on any atom is -0.391 e. The summed E-state index contributed by atoms with van der Waals surface area (Å²) >= 11 is 0. The number of carbonyl (C=O) groups is 6. The molecule has 15 nitrogen and oxygen atoms in total. The van der Waals surface area contributed by atoms with E-state index >= 15 is 0 Å². The third kappa shape index (κ3) is 10.9. The Balaban J connectivity index is 1.40. The van der Waals surface area contributed by atoms with Crippen LogP contribution in [-0.2, 0) is 48.0 Å². The number of aliphatic hydroxyl groups is 1. The summed E-state index contributed by atoms with van der Waals surface area (Å²) in [5.74, 6) is -3.93. The molecule has 3 heterocycles. The summed E-state index contributed by atoms with van der Waals surface area (Å²) < 4.78 is 0. The first-order valence-corrected chi connectivity index (χ1v) is 20.4. The first-order chi connectivity index (χ1) is 28.5. The Kier molecular flexibility index (Phi) is 14.5. The summed E-state index contributed by atoms with van der Waals surface area (Å²) in [4.78, 5) is 90.3. The lowest BCUT2D eigenvalue weighted by molar-refractivity contribution is -0.143. The minimum atomic E-state index is -1.51. The highest BCUT2D eigenvalue weighted by Gasteiger charge is 2.41. The van der Waals surface area contributed by atoms with E-state index in [1.54, 1.807) is 30.5 Å². The number of unbranched alkanes of at least 4 members (excludes halogenated alkanes) is 1. The van der Waals surface area contributed by atoms with Crippen LogP contribution < -0.4 is 32.3 Å². The van der Waals surface area contributed by atoms with Gasteiger partial charge in [-0.2, -0.15) is 0 Å². The highest BCUT2D eigenvalue weighted by atomic mass is 16.3. The van der Waals surface area contributed by atoms with Gasteiger partial charge in [-0.25, -0.2) is 0 Å². The molecule has 4 aromatic rings. The van der Waals surface area contributed by atoms with Crippen LogP contribution in [0.2, 0.25) is 0 Å². The zero-order valence-electron chi connectivity index (χ0n) is 33.2. The molecule has 1 aromatic heterocycles. The zero-order chi connectivity index (χ0) is 41.9.